The van der Waals surface area contributed by atoms with Crippen molar-refractivity contribution in [2.45, 2.75) is 26.4 Å². The minimum absolute atomic E-state index is 0.477. The summed E-state index contributed by atoms with van der Waals surface area (Å²) in [5, 5.41) is 13.4. The van der Waals surface area contributed by atoms with Crippen LogP contribution in [0.3, 0.4) is 0 Å². The van der Waals surface area contributed by atoms with Crippen LogP contribution in [0.25, 0.3) is 0 Å². The second-order valence-corrected chi connectivity index (χ2v) is 7.18. The minimum Gasteiger partial charge on any atom is -0.366 e. The largest absolute Gasteiger partial charge is 0.366 e. The number of fused-ring (bicyclic) bond motifs is 1. The molecule has 0 fully saturated rings. The second kappa shape index (κ2) is 7.83. The van der Waals surface area contributed by atoms with Gasteiger partial charge in [0.2, 0.25) is 0 Å². The Hall–Kier alpha value is -3.17. The fraction of sp³-hybridized carbons (Fsp3) is 0.238. The van der Waals surface area contributed by atoms with Gasteiger partial charge in [-0.05, 0) is 36.2 Å². The molecule has 28 heavy (non-hydrogen) atoms. The maximum absolute atomic E-state index is 9.52. The number of nitrogens with one attached hydrogen (secondary N) is 1. The molecule has 0 bridgehead atoms. The summed E-state index contributed by atoms with van der Waals surface area (Å²) in [5.74, 6) is 0.815. The second-order valence-electron chi connectivity index (χ2n) is 6.79. The molecule has 0 radical (unpaired) electrons. The third-order valence-corrected chi connectivity index (χ3v) is 5.09. The summed E-state index contributed by atoms with van der Waals surface area (Å²) in [5.41, 5.74) is 5.88. The molecule has 0 amide bonds. The fourth-order valence-electron chi connectivity index (χ4n) is 3.41. The molecule has 0 aliphatic carbocycles. The Morgan fingerprint density at radius 3 is 2.89 bits per heavy atom. The molecule has 6 nitrogen and oxygen atoms in total. The van der Waals surface area contributed by atoms with Crippen molar-refractivity contribution >= 4 is 23.1 Å². The van der Waals surface area contributed by atoms with E-state index in [1.807, 2.05) is 31.2 Å². The van der Waals surface area contributed by atoms with Crippen LogP contribution in [-0.2, 0) is 19.5 Å². The third kappa shape index (κ3) is 3.75. The van der Waals surface area contributed by atoms with Gasteiger partial charge < -0.3 is 10.2 Å². The summed E-state index contributed by atoms with van der Waals surface area (Å²) < 4.78 is 0. The molecule has 0 spiro atoms. The summed E-state index contributed by atoms with van der Waals surface area (Å²) in [7, 11) is 0. The topological polar surface area (TPSA) is 77.7 Å². The number of nitriles is 1. The van der Waals surface area contributed by atoms with Crippen LogP contribution in [0.2, 0.25) is 5.15 Å². The molecule has 140 valence electrons. The maximum Gasteiger partial charge on any atom is 0.134 e. The SMILES string of the molecule is Cc1ccc(N2CCc3ncnc(NCc4ccc(Cl)nc4)c3C2)c(C#N)c1. The molecule has 4 rings (SSSR count). The molecular formula is C21H19ClN6. The molecule has 1 aromatic carbocycles. The first-order valence-electron chi connectivity index (χ1n) is 9.07. The number of benzene rings is 1. The Labute approximate surface area is 168 Å². The highest BCUT2D eigenvalue weighted by atomic mass is 35.5. The number of aromatic nitrogens is 3. The number of pyridine rings is 1. The van der Waals surface area contributed by atoms with Crippen LogP contribution in [0.5, 0.6) is 0 Å². The summed E-state index contributed by atoms with van der Waals surface area (Å²) in [6.07, 6.45) is 4.16. The van der Waals surface area contributed by atoms with Gasteiger partial charge in [0.25, 0.3) is 0 Å². The molecular weight excluding hydrogens is 372 g/mol. The molecule has 0 unspecified atom stereocenters. The molecule has 1 aliphatic heterocycles. The maximum atomic E-state index is 9.52. The Kier molecular flexibility index (Phi) is 5.09. The Bertz CT molecular complexity index is 1040. The normalized spacial score (nSPS) is 13.0. The van der Waals surface area contributed by atoms with Crippen molar-refractivity contribution in [2.24, 2.45) is 0 Å². The van der Waals surface area contributed by atoms with Gasteiger partial charge >= 0.3 is 0 Å². The van der Waals surface area contributed by atoms with Gasteiger partial charge in [0.1, 0.15) is 23.4 Å². The number of hydrogen-bond acceptors (Lipinski definition) is 6. The highest BCUT2D eigenvalue weighted by Crippen LogP contribution is 2.29. The Morgan fingerprint density at radius 2 is 2.11 bits per heavy atom. The van der Waals surface area contributed by atoms with Gasteiger partial charge in [-0.25, -0.2) is 15.0 Å². The molecule has 0 saturated carbocycles. The summed E-state index contributed by atoms with van der Waals surface area (Å²) >= 11 is 5.85. The van der Waals surface area contributed by atoms with Crippen molar-refractivity contribution in [1.82, 2.24) is 15.0 Å². The molecule has 2 aromatic heterocycles. The van der Waals surface area contributed by atoms with E-state index in [4.69, 9.17) is 11.6 Å². The summed E-state index contributed by atoms with van der Waals surface area (Å²) in [6, 6.07) is 12.0. The number of anilines is 2. The van der Waals surface area contributed by atoms with Gasteiger partial charge in [0.15, 0.2) is 0 Å². The lowest BCUT2D eigenvalue weighted by Crippen LogP contribution is -2.32. The predicted molar refractivity (Wildman–Crippen MR) is 109 cm³/mol. The van der Waals surface area contributed by atoms with Gasteiger partial charge in [0.05, 0.1) is 16.9 Å². The number of rotatable bonds is 4. The van der Waals surface area contributed by atoms with E-state index in [1.54, 1.807) is 18.6 Å². The van der Waals surface area contributed by atoms with Gasteiger partial charge in [-0.15, -0.1) is 0 Å². The molecule has 1 N–H and O–H groups in total. The van der Waals surface area contributed by atoms with E-state index in [9.17, 15) is 5.26 Å². The molecule has 1 aliphatic rings. The summed E-state index contributed by atoms with van der Waals surface area (Å²) in [6.45, 7) is 4.08. The van der Waals surface area contributed by atoms with E-state index in [0.717, 1.165) is 46.9 Å². The van der Waals surface area contributed by atoms with Crippen LogP contribution in [0, 0.1) is 18.3 Å². The zero-order valence-electron chi connectivity index (χ0n) is 15.5. The first-order chi connectivity index (χ1) is 13.6. The first-order valence-corrected chi connectivity index (χ1v) is 9.44. The monoisotopic (exact) mass is 390 g/mol. The lowest BCUT2D eigenvalue weighted by atomic mass is 10.0. The standard InChI is InChI=1S/C21H19ClN6/c1-14-2-4-19(16(8-14)9-23)28-7-6-18-17(12-28)21(27-13-26-18)25-11-15-3-5-20(22)24-10-15/h2-5,8,10,13H,6-7,11-12H2,1H3,(H,25,26,27). The average Bonchev–Trinajstić information content (AvgIpc) is 2.73. The highest BCUT2D eigenvalue weighted by Gasteiger charge is 2.23. The highest BCUT2D eigenvalue weighted by molar-refractivity contribution is 6.29. The third-order valence-electron chi connectivity index (χ3n) is 4.86. The fourth-order valence-corrected chi connectivity index (χ4v) is 3.52. The number of aryl methyl sites for hydroxylation is 1. The zero-order chi connectivity index (χ0) is 19.5. The molecule has 0 saturated heterocycles. The van der Waals surface area contributed by atoms with E-state index in [2.05, 4.69) is 31.2 Å². The minimum atomic E-state index is 0.477. The van der Waals surface area contributed by atoms with E-state index >= 15 is 0 Å². The number of nitrogens with zero attached hydrogens (tertiary/aromatic N) is 5. The number of halogens is 1. The molecule has 3 aromatic rings. The molecule has 0 atom stereocenters. The smallest absolute Gasteiger partial charge is 0.134 e. The zero-order valence-corrected chi connectivity index (χ0v) is 16.2. The van der Waals surface area contributed by atoms with E-state index in [0.29, 0.717) is 23.8 Å². The molecule has 7 heteroatoms. The first kappa shape index (κ1) is 18.2. The van der Waals surface area contributed by atoms with Crippen molar-refractivity contribution in [3.8, 4) is 6.07 Å². The van der Waals surface area contributed by atoms with Gasteiger partial charge in [-0.3, -0.25) is 0 Å². The quantitative estimate of drug-likeness (QED) is 0.681. The Morgan fingerprint density at radius 1 is 1.21 bits per heavy atom. The van der Waals surface area contributed by atoms with Crippen LogP contribution in [0.15, 0.2) is 42.9 Å². The van der Waals surface area contributed by atoms with E-state index in [1.165, 1.54) is 0 Å². The van der Waals surface area contributed by atoms with Crippen molar-refractivity contribution in [3.05, 3.63) is 76.0 Å². The molecule has 3 heterocycles. The predicted octanol–water partition coefficient (Wildman–Crippen LogP) is 3.88. The lowest BCUT2D eigenvalue weighted by molar-refractivity contribution is 0.705. The van der Waals surface area contributed by atoms with E-state index < -0.39 is 0 Å². The average molecular weight is 391 g/mol. The van der Waals surface area contributed by atoms with Crippen molar-refractivity contribution < 1.29 is 0 Å². The number of hydrogen-bond donors (Lipinski definition) is 1. The van der Waals surface area contributed by atoms with Gasteiger partial charge in [0, 0.05) is 37.8 Å². The van der Waals surface area contributed by atoms with E-state index in [-0.39, 0.29) is 0 Å². The van der Waals surface area contributed by atoms with Crippen molar-refractivity contribution in [3.63, 3.8) is 0 Å². The van der Waals surface area contributed by atoms with Crippen LogP contribution >= 0.6 is 11.6 Å². The Balaban J connectivity index is 1.58. The van der Waals surface area contributed by atoms with Crippen LogP contribution in [-0.4, -0.2) is 21.5 Å². The van der Waals surface area contributed by atoms with Crippen LogP contribution in [0.4, 0.5) is 11.5 Å². The van der Waals surface area contributed by atoms with Crippen molar-refractivity contribution in [1.29, 1.82) is 5.26 Å². The van der Waals surface area contributed by atoms with Gasteiger partial charge in [-0.1, -0.05) is 23.7 Å². The van der Waals surface area contributed by atoms with Gasteiger partial charge in [-0.2, -0.15) is 5.26 Å². The lowest BCUT2D eigenvalue weighted by Gasteiger charge is -2.31. The van der Waals surface area contributed by atoms with Crippen LogP contribution in [0.1, 0.15) is 27.9 Å². The van der Waals surface area contributed by atoms with Crippen LogP contribution < -0.4 is 10.2 Å². The summed E-state index contributed by atoms with van der Waals surface area (Å²) in [4.78, 5) is 15.2. The van der Waals surface area contributed by atoms with Crippen molar-refractivity contribution in [2.75, 3.05) is 16.8 Å².